The predicted molar refractivity (Wildman–Crippen MR) is 71.2 cm³/mol. The number of alkyl halides is 3. The Hall–Kier alpha value is -2.01. The first kappa shape index (κ1) is 17.0. The van der Waals surface area contributed by atoms with Crippen LogP contribution in [0.5, 0.6) is 0 Å². The van der Waals surface area contributed by atoms with Gasteiger partial charge in [0.05, 0.1) is 27.5 Å². The van der Waals surface area contributed by atoms with Crippen LogP contribution < -0.4 is 4.90 Å². The molecule has 0 aliphatic rings. The topological polar surface area (TPSA) is 70.2 Å². The lowest BCUT2D eigenvalue weighted by Gasteiger charge is -2.21. The molecule has 0 bridgehead atoms. The SMILES string of the molecule is C[C@@H](C#N)CN(C)c1cc(Cl)c(C(F)(F)F)cc1[N+](=O)[O-]. The Morgan fingerprint density at radius 2 is 2.10 bits per heavy atom. The average Bonchev–Trinajstić information content (AvgIpc) is 2.36. The summed E-state index contributed by atoms with van der Waals surface area (Å²) in [4.78, 5) is 11.4. The van der Waals surface area contributed by atoms with E-state index in [1.165, 1.54) is 11.9 Å². The van der Waals surface area contributed by atoms with E-state index >= 15 is 0 Å². The molecule has 0 saturated heterocycles. The number of nitro groups is 1. The maximum absolute atomic E-state index is 12.7. The molecule has 0 fully saturated rings. The standard InChI is InChI=1S/C12H11ClF3N3O2/c1-7(5-17)6-18(2)10-4-9(13)8(12(14,15)16)3-11(10)19(20)21/h3-4,7H,6H2,1-2H3/t7-/m0/s1. The van der Waals surface area contributed by atoms with E-state index in [9.17, 15) is 23.3 Å². The van der Waals surface area contributed by atoms with Gasteiger partial charge in [0.15, 0.2) is 0 Å². The van der Waals surface area contributed by atoms with E-state index in [0.717, 1.165) is 6.07 Å². The molecule has 1 atom stereocenters. The second-order valence-corrected chi connectivity index (χ2v) is 4.89. The maximum atomic E-state index is 12.7. The lowest BCUT2D eigenvalue weighted by atomic mass is 10.1. The van der Waals surface area contributed by atoms with E-state index in [-0.39, 0.29) is 12.2 Å². The number of nitrogens with zero attached hydrogens (tertiary/aromatic N) is 3. The Balaban J connectivity index is 3.37. The molecule has 5 nitrogen and oxygen atoms in total. The number of nitriles is 1. The third-order valence-electron chi connectivity index (χ3n) is 2.75. The van der Waals surface area contributed by atoms with Crippen molar-refractivity contribution in [3.63, 3.8) is 0 Å². The van der Waals surface area contributed by atoms with E-state index in [0.29, 0.717) is 6.07 Å². The van der Waals surface area contributed by atoms with Crippen molar-refractivity contribution in [2.24, 2.45) is 5.92 Å². The maximum Gasteiger partial charge on any atom is 0.418 e. The van der Waals surface area contributed by atoms with Gasteiger partial charge in [0, 0.05) is 19.7 Å². The first-order valence-electron chi connectivity index (χ1n) is 5.73. The molecule has 0 spiro atoms. The zero-order valence-corrected chi connectivity index (χ0v) is 11.9. The van der Waals surface area contributed by atoms with Crippen LogP contribution in [0.15, 0.2) is 12.1 Å². The van der Waals surface area contributed by atoms with Gasteiger partial charge in [-0.2, -0.15) is 18.4 Å². The van der Waals surface area contributed by atoms with Gasteiger partial charge >= 0.3 is 6.18 Å². The second-order valence-electron chi connectivity index (χ2n) is 4.49. The number of hydrogen-bond donors (Lipinski definition) is 0. The van der Waals surface area contributed by atoms with Gasteiger partial charge in [-0.15, -0.1) is 0 Å². The zero-order valence-electron chi connectivity index (χ0n) is 11.1. The number of anilines is 1. The molecule has 9 heteroatoms. The number of halogens is 4. The zero-order chi connectivity index (χ0) is 16.4. The molecule has 0 radical (unpaired) electrons. The van der Waals surface area contributed by atoms with Crippen molar-refractivity contribution in [3.05, 3.63) is 32.8 Å². The van der Waals surface area contributed by atoms with Crippen molar-refractivity contribution >= 4 is 23.0 Å². The summed E-state index contributed by atoms with van der Waals surface area (Å²) in [7, 11) is 1.44. The van der Waals surface area contributed by atoms with Crippen molar-refractivity contribution in [1.29, 1.82) is 5.26 Å². The lowest BCUT2D eigenvalue weighted by Crippen LogP contribution is -2.24. The summed E-state index contributed by atoms with van der Waals surface area (Å²) in [5, 5.41) is 19.1. The number of rotatable bonds is 4. The Morgan fingerprint density at radius 1 is 1.52 bits per heavy atom. The van der Waals surface area contributed by atoms with E-state index in [4.69, 9.17) is 16.9 Å². The summed E-state index contributed by atoms with van der Waals surface area (Å²) in [5.41, 5.74) is -2.04. The normalized spacial score (nSPS) is 12.6. The number of nitro benzene ring substituents is 1. The van der Waals surface area contributed by atoms with Crippen molar-refractivity contribution in [2.75, 3.05) is 18.5 Å². The van der Waals surface area contributed by atoms with Gasteiger partial charge in [-0.3, -0.25) is 10.1 Å². The highest BCUT2D eigenvalue weighted by Crippen LogP contribution is 2.41. The van der Waals surface area contributed by atoms with Crippen LogP contribution in [0.1, 0.15) is 12.5 Å². The molecule has 0 heterocycles. The number of hydrogen-bond acceptors (Lipinski definition) is 4. The highest BCUT2D eigenvalue weighted by Gasteiger charge is 2.36. The molecule has 1 aromatic carbocycles. The van der Waals surface area contributed by atoms with Gasteiger partial charge in [-0.05, 0) is 13.0 Å². The molecule has 0 N–H and O–H groups in total. The summed E-state index contributed by atoms with van der Waals surface area (Å²) in [6.45, 7) is 1.72. The highest BCUT2D eigenvalue weighted by molar-refractivity contribution is 6.31. The summed E-state index contributed by atoms with van der Waals surface area (Å²) in [6, 6.07) is 3.24. The predicted octanol–water partition coefficient (Wildman–Crippen LogP) is 3.86. The quantitative estimate of drug-likeness (QED) is 0.623. The summed E-state index contributed by atoms with van der Waals surface area (Å²) >= 11 is 5.57. The first-order valence-corrected chi connectivity index (χ1v) is 6.11. The minimum absolute atomic E-state index is 0.0694. The summed E-state index contributed by atoms with van der Waals surface area (Å²) in [5.74, 6) is -0.448. The Morgan fingerprint density at radius 3 is 2.52 bits per heavy atom. The third-order valence-corrected chi connectivity index (χ3v) is 3.06. The Labute approximate surface area is 123 Å². The molecular weight excluding hydrogens is 311 g/mol. The van der Waals surface area contributed by atoms with Gasteiger partial charge in [-0.1, -0.05) is 11.6 Å². The number of benzene rings is 1. The van der Waals surface area contributed by atoms with E-state index in [1.807, 2.05) is 6.07 Å². The van der Waals surface area contributed by atoms with E-state index < -0.39 is 33.3 Å². The fourth-order valence-corrected chi connectivity index (χ4v) is 2.04. The Kier molecular flexibility index (Phi) is 5.01. The Bertz CT molecular complexity index is 599. The molecule has 1 rings (SSSR count). The molecule has 1 aromatic rings. The van der Waals surface area contributed by atoms with Gasteiger partial charge in [0.1, 0.15) is 5.69 Å². The van der Waals surface area contributed by atoms with Crippen LogP contribution in [0.3, 0.4) is 0 Å². The minimum atomic E-state index is -4.78. The molecule has 114 valence electrons. The van der Waals surface area contributed by atoms with Crippen LogP contribution in [-0.4, -0.2) is 18.5 Å². The highest BCUT2D eigenvalue weighted by atomic mass is 35.5. The smallest absolute Gasteiger partial charge is 0.368 e. The van der Waals surface area contributed by atoms with Gasteiger partial charge in [0.25, 0.3) is 5.69 Å². The van der Waals surface area contributed by atoms with Gasteiger partial charge < -0.3 is 4.90 Å². The van der Waals surface area contributed by atoms with E-state index in [1.54, 1.807) is 6.92 Å². The third kappa shape index (κ3) is 3.98. The monoisotopic (exact) mass is 321 g/mol. The average molecular weight is 322 g/mol. The van der Waals surface area contributed by atoms with Crippen LogP contribution >= 0.6 is 11.6 Å². The van der Waals surface area contributed by atoms with Crippen molar-refractivity contribution in [3.8, 4) is 6.07 Å². The molecule has 0 unspecified atom stereocenters. The van der Waals surface area contributed by atoms with Crippen LogP contribution in [0.25, 0.3) is 0 Å². The molecule has 0 amide bonds. The lowest BCUT2D eigenvalue weighted by molar-refractivity contribution is -0.384. The summed E-state index contributed by atoms with van der Waals surface area (Å²) < 4.78 is 38.2. The van der Waals surface area contributed by atoms with Crippen LogP contribution in [0.4, 0.5) is 24.5 Å². The first-order chi connectivity index (χ1) is 9.57. The second kappa shape index (κ2) is 6.18. The molecular formula is C12H11ClF3N3O2. The van der Waals surface area contributed by atoms with Gasteiger partial charge in [0.2, 0.25) is 0 Å². The van der Waals surface area contributed by atoms with Crippen LogP contribution in [0, 0.1) is 27.4 Å². The van der Waals surface area contributed by atoms with Crippen LogP contribution in [0.2, 0.25) is 5.02 Å². The molecule has 0 aromatic heterocycles. The van der Waals surface area contributed by atoms with Crippen molar-refractivity contribution < 1.29 is 18.1 Å². The molecule has 0 saturated carbocycles. The fourth-order valence-electron chi connectivity index (χ4n) is 1.77. The van der Waals surface area contributed by atoms with Crippen molar-refractivity contribution in [1.82, 2.24) is 0 Å². The molecule has 21 heavy (non-hydrogen) atoms. The fraction of sp³-hybridized carbons (Fsp3) is 0.417. The minimum Gasteiger partial charge on any atom is -0.368 e. The van der Waals surface area contributed by atoms with Crippen LogP contribution in [-0.2, 0) is 6.18 Å². The molecule has 0 aliphatic carbocycles. The molecule has 0 aliphatic heterocycles. The summed E-state index contributed by atoms with van der Waals surface area (Å²) in [6.07, 6.45) is -4.78. The van der Waals surface area contributed by atoms with Crippen molar-refractivity contribution in [2.45, 2.75) is 13.1 Å². The van der Waals surface area contributed by atoms with Gasteiger partial charge in [-0.25, -0.2) is 0 Å². The van der Waals surface area contributed by atoms with E-state index in [2.05, 4.69) is 0 Å². The largest absolute Gasteiger partial charge is 0.418 e.